The molecular formula is C19H29N5O3. The van der Waals surface area contributed by atoms with E-state index in [4.69, 9.17) is 10.5 Å². The Morgan fingerprint density at radius 3 is 2.30 bits per heavy atom. The first kappa shape index (κ1) is 19.6. The van der Waals surface area contributed by atoms with Crippen LogP contribution in [0.4, 0.5) is 16.2 Å². The van der Waals surface area contributed by atoms with Crippen LogP contribution in [0.3, 0.4) is 0 Å². The molecule has 0 spiro atoms. The number of nitrogens with two attached hydrogens (primary N) is 1. The van der Waals surface area contributed by atoms with Gasteiger partial charge in [0.1, 0.15) is 6.10 Å². The second-order valence-corrected chi connectivity index (χ2v) is 7.30. The van der Waals surface area contributed by atoms with E-state index in [-0.39, 0.29) is 24.1 Å². The third kappa shape index (κ3) is 5.66. The molecule has 27 heavy (non-hydrogen) atoms. The topological polar surface area (TPSA) is 109 Å². The summed E-state index contributed by atoms with van der Waals surface area (Å²) >= 11 is 0. The van der Waals surface area contributed by atoms with Crippen LogP contribution in [-0.4, -0.2) is 61.8 Å². The number of carbonyl (C=O) groups excluding carboxylic acids is 2. The van der Waals surface area contributed by atoms with Crippen LogP contribution in [0.25, 0.3) is 0 Å². The maximum atomic E-state index is 12.2. The van der Waals surface area contributed by atoms with Gasteiger partial charge < -0.3 is 31.3 Å². The zero-order valence-corrected chi connectivity index (χ0v) is 15.7. The molecule has 2 atom stereocenters. The van der Waals surface area contributed by atoms with E-state index in [1.165, 1.54) is 0 Å². The number of carbonyl (C=O) groups is 2. The summed E-state index contributed by atoms with van der Waals surface area (Å²) in [4.78, 5) is 26.6. The van der Waals surface area contributed by atoms with E-state index in [1.54, 1.807) is 24.3 Å². The van der Waals surface area contributed by atoms with Crippen LogP contribution in [0.1, 0.15) is 25.7 Å². The molecule has 148 valence electrons. The zero-order chi connectivity index (χ0) is 19.2. The molecule has 2 fully saturated rings. The molecule has 0 aromatic heterocycles. The van der Waals surface area contributed by atoms with Gasteiger partial charge in [0, 0.05) is 24.0 Å². The van der Waals surface area contributed by atoms with E-state index < -0.39 is 6.10 Å². The first-order valence-electron chi connectivity index (χ1n) is 9.56. The number of nitrogens with zero attached hydrogens (tertiary/aromatic N) is 1. The van der Waals surface area contributed by atoms with Gasteiger partial charge in [-0.15, -0.1) is 0 Å². The quantitative estimate of drug-likeness (QED) is 0.621. The van der Waals surface area contributed by atoms with E-state index in [0.717, 1.165) is 32.4 Å². The van der Waals surface area contributed by atoms with E-state index in [2.05, 4.69) is 27.9 Å². The molecule has 2 heterocycles. The maximum absolute atomic E-state index is 12.2. The lowest BCUT2D eigenvalue weighted by Crippen LogP contribution is -2.44. The largest absolute Gasteiger partial charge is 0.364 e. The van der Waals surface area contributed by atoms with Crippen molar-refractivity contribution < 1.29 is 14.3 Å². The Balaban J connectivity index is 1.44. The highest BCUT2D eigenvalue weighted by Gasteiger charge is 2.29. The number of nitrogens with one attached hydrogen (secondary N) is 3. The van der Waals surface area contributed by atoms with Gasteiger partial charge in [-0.3, -0.25) is 4.79 Å². The lowest BCUT2D eigenvalue weighted by atomic mass is 10.1. The maximum Gasteiger partial charge on any atom is 0.319 e. The molecule has 8 heteroatoms. The summed E-state index contributed by atoms with van der Waals surface area (Å²) in [5, 5.41) is 8.68. The van der Waals surface area contributed by atoms with Crippen LogP contribution in [0.2, 0.25) is 0 Å². The van der Waals surface area contributed by atoms with Crippen molar-refractivity contribution in [1.29, 1.82) is 0 Å². The number of ether oxygens (including phenoxy) is 1. The summed E-state index contributed by atoms with van der Waals surface area (Å²) in [5.41, 5.74) is 6.92. The number of amides is 3. The molecule has 2 aliphatic heterocycles. The number of rotatable bonds is 5. The predicted octanol–water partition coefficient (Wildman–Crippen LogP) is 1.35. The third-order valence-electron chi connectivity index (χ3n) is 5.13. The standard InChI is InChI=1S/C19H29N5O3/c1-24-10-8-15(9-11-24)23-19(26)22-14-4-2-13(3-5-14)21-18(25)17-7-6-16(12-20)27-17/h2-5,15-17H,6-12,20H2,1H3,(H,21,25)(H2,22,23,26)/t16-,17+/m1/s1. The van der Waals surface area contributed by atoms with E-state index >= 15 is 0 Å². The van der Waals surface area contributed by atoms with E-state index in [0.29, 0.717) is 24.3 Å². The van der Waals surface area contributed by atoms with Gasteiger partial charge in [0.15, 0.2) is 0 Å². The summed E-state index contributed by atoms with van der Waals surface area (Å²) in [5.74, 6) is -0.160. The Labute approximate surface area is 159 Å². The van der Waals surface area contributed by atoms with E-state index in [1.807, 2.05) is 0 Å². The number of benzene rings is 1. The van der Waals surface area contributed by atoms with Crippen molar-refractivity contribution in [2.45, 2.75) is 43.9 Å². The highest BCUT2D eigenvalue weighted by molar-refractivity contribution is 5.95. The molecule has 8 nitrogen and oxygen atoms in total. The summed E-state index contributed by atoms with van der Waals surface area (Å²) in [6.45, 7) is 2.43. The van der Waals surface area contributed by atoms with Gasteiger partial charge in [0.25, 0.3) is 5.91 Å². The second-order valence-electron chi connectivity index (χ2n) is 7.30. The highest BCUT2D eigenvalue weighted by atomic mass is 16.5. The first-order valence-corrected chi connectivity index (χ1v) is 9.56. The van der Waals surface area contributed by atoms with Crippen LogP contribution >= 0.6 is 0 Å². The van der Waals surface area contributed by atoms with Crippen molar-refractivity contribution in [3.63, 3.8) is 0 Å². The van der Waals surface area contributed by atoms with Crippen molar-refractivity contribution in [1.82, 2.24) is 10.2 Å². The predicted molar refractivity (Wildman–Crippen MR) is 105 cm³/mol. The molecule has 2 saturated heterocycles. The fraction of sp³-hybridized carbons (Fsp3) is 0.579. The fourth-order valence-electron chi connectivity index (χ4n) is 3.44. The molecule has 0 unspecified atom stereocenters. The Kier molecular flexibility index (Phi) is 6.65. The van der Waals surface area contributed by atoms with E-state index in [9.17, 15) is 9.59 Å². The summed E-state index contributed by atoms with van der Waals surface area (Å²) in [7, 11) is 2.09. The lowest BCUT2D eigenvalue weighted by Gasteiger charge is -2.29. The zero-order valence-electron chi connectivity index (χ0n) is 15.7. The molecule has 0 aliphatic carbocycles. The molecule has 0 radical (unpaired) electrons. The second kappa shape index (κ2) is 9.16. The number of piperidine rings is 1. The molecule has 5 N–H and O–H groups in total. The lowest BCUT2D eigenvalue weighted by molar-refractivity contribution is -0.126. The Bertz CT molecular complexity index is 643. The minimum atomic E-state index is -0.448. The number of hydrogen-bond acceptors (Lipinski definition) is 5. The third-order valence-corrected chi connectivity index (χ3v) is 5.13. The number of likely N-dealkylation sites (tertiary alicyclic amines) is 1. The Hall–Kier alpha value is -2.16. The summed E-state index contributed by atoms with van der Waals surface area (Å²) < 4.78 is 5.59. The minimum absolute atomic E-state index is 0.0320. The number of urea groups is 1. The van der Waals surface area contributed by atoms with Gasteiger partial charge in [0.05, 0.1) is 6.10 Å². The van der Waals surface area contributed by atoms with Crippen molar-refractivity contribution in [2.24, 2.45) is 5.73 Å². The summed E-state index contributed by atoms with van der Waals surface area (Å²) in [6, 6.07) is 7.07. The van der Waals surface area contributed by atoms with Crippen LogP contribution in [0.5, 0.6) is 0 Å². The average Bonchev–Trinajstić information content (AvgIpc) is 3.15. The molecule has 1 aromatic carbocycles. The van der Waals surface area contributed by atoms with Crippen LogP contribution in [0.15, 0.2) is 24.3 Å². The van der Waals surface area contributed by atoms with Gasteiger partial charge in [-0.05, 0) is 70.1 Å². The normalized spacial score (nSPS) is 23.8. The fourth-order valence-corrected chi connectivity index (χ4v) is 3.44. The van der Waals surface area contributed by atoms with Crippen molar-refractivity contribution in [2.75, 3.05) is 37.3 Å². The highest BCUT2D eigenvalue weighted by Crippen LogP contribution is 2.21. The smallest absolute Gasteiger partial charge is 0.319 e. The molecule has 1 aromatic rings. The van der Waals surface area contributed by atoms with Gasteiger partial charge >= 0.3 is 6.03 Å². The van der Waals surface area contributed by atoms with Crippen LogP contribution < -0.4 is 21.7 Å². The molecular weight excluding hydrogens is 346 g/mol. The van der Waals surface area contributed by atoms with Crippen molar-refractivity contribution in [3.8, 4) is 0 Å². The molecule has 2 aliphatic rings. The van der Waals surface area contributed by atoms with Gasteiger partial charge in [-0.25, -0.2) is 4.79 Å². The van der Waals surface area contributed by atoms with Crippen LogP contribution in [0, 0.1) is 0 Å². The molecule has 3 amide bonds. The van der Waals surface area contributed by atoms with Crippen molar-refractivity contribution >= 4 is 23.3 Å². The van der Waals surface area contributed by atoms with Crippen molar-refractivity contribution in [3.05, 3.63) is 24.3 Å². The molecule has 3 rings (SSSR count). The first-order chi connectivity index (χ1) is 13.0. The molecule has 0 saturated carbocycles. The van der Waals surface area contributed by atoms with Gasteiger partial charge in [-0.1, -0.05) is 0 Å². The van der Waals surface area contributed by atoms with Crippen LogP contribution in [-0.2, 0) is 9.53 Å². The Morgan fingerprint density at radius 2 is 1.70 bits per heavy atom. The number of anilines is 2. The SMILES string of the molecule is CN1CCC(NC(=O)Nc2ccc(NC(=O)[C@@H]3CC[C@H](CN)O3)cc2)CC1. The summed E-state index contributed by atoms with van der Waals surface area (Å²) in [6.07, 6.45) is 2.94. The minimum Gasteiger partial charge on any atom is -0.364 e. The molecule has 0 bridgehead atoms. The number of hydrogen-bond donors (Lipinski definition) is 4. The average molecular weight is 375 g/mol. The van der Waals surface area contributed by atoms with Gasteiger partial charge in [0.2, 0.25) is 0 Å². The monoisotopic (exact) mass is 375 g/mol. The Morgan fingerprint density at radius 1 is 1.07 bits per heavy atom. The van der Waals surface area contributed by atoms with Gasteiger partial charge in [-0.2, -0.15) is 0 Å².